The third kappa shape index (κ3) is 3.59. The van der Waals surface area contributed by atoms with E-state index in [2.05, 4.69) is 113 Å². The smallest absolute Gasteiger partial charge is 0.0110 e. The molecule has 0 bridgehead atoms. The largest absolute Gasteiger partial charge is 0.125 e. The van der Waals surface area contributed by atoms with Crippen molar-refractivity contribution in [1.82, 2.24) is 0 Å². The van der Waals surface area contributed by atoms with Crippen molar-refractivity contribution in [2.75, 3.05) is 5.75 Å². The van der Waals surface area contributed by atoms with Gasteiger partial charge in [0.15, 0.2) is 0 Å². The summed E-state index contributed by atoms with van der Waals surface area (Å²) in [6, 6.07) is 30.6. The standard InChI is InChI=1S/C25H28S/c1-20-13-11-12-18-23(20)26-19-25(4,22-16-9-6-10-17-22)24(2,3)21-14-7-5-8-15-21/h5-18H,19H2,1-4H3. The first kappa shape index (κ1) is 18.8. The molecule has 0 fully saturated rings. The molecule has 0 radical (unpaired) electrons. The molecule has 0 aliphatic heterocycles. The molecule has 26 heavy (non-hydrogen) atoms. The second-order valence-electron chi connectivity index (χ2n) is 7.74. The molecule has 3 aromatic carbocycles. The zero-order chi connectivity index (χ0) is 18.6. The van der Waals surface area contributed by atoms with E-state index >= 15 is 0 Å². The summed E-state index contributed by atoms with van der Waals surface area (Å²) in [6.45, 7) is 9.38. The van der Waals surface area contributed by atoms with Crippen LogP contribution >= 0.6 is 11.8 Å². The van der Waals surface area contributed by atoms with E-state index in [-0.39, 0.29) is 10.8 Å². The van der Waals surface area contributed by atoms with E-state index < -0.39 is 0 Å². The third-order valence-electron chi connectivity index (χ3n) is 5.90. The lowest BCUT2D eigenvalue weighted by Gasteiger charge is -2.45. The summed E-state index contributed by atoms with van der Waals surface area (Å²) in [5, 5.41) is 0. The summed E-state index contributed by atoms with van der Waals surface area (Å²) < 4.78 is 0. The van der Waals surface area contributed by atoms with Crippen LogP contribution in [0.4, 0.5) is 0 Å². The van der Waals surface area contributed by atoms with Gasteiger partial charge in [-0.05, 0) is 35.1 Å². The van der Waals surface area contributed by atoms with Gasteiger partial charge >= 0.3 is 0 Å². The average Bonchev–Trinajstić information content (AvgIpc) is 2.68. The highest BCUT2D eigenvalue weighted by atomic mass is 32.2. The molecule has 1 unspecified atom stereocenters. The number of aryl methyl sites for hydroxylation is 1. The highest BCUT2D eigenvalue weighted by Crippen LogP contribution is 2.47. The molecule has 0 heterocycles. The lowest BCUT2D eigenvalue weighted by Crippen LogP contribution is -2.45. The normalized spacial score (nSPS) is 14.0. The summed E-state index contributed by atoms with van der Waals surface area (Å²) in [7, 11) is 0. The summed E-state index contributed by atoms with van der Waals surface area (Å²) >= 11 is 1.97. The monoisotopic (exact) mass is 360 g/mol. The van der Waals surface area contributed by atoms with Crippen molar-refractivity contribution >= 4 is 11.8 Å². The fraction of sp³-hybridized carbons (Fsp3) is 0.280. The highest BCUT2D eigenvalue weighted by Gasteiger charge is 2.43. The van der Waals surface area contributed by atoms with E-state index in [9.17, 15) is 0 Å². The van der Waals surface area contributed by atoms with Gasteiger partial charge in [0.2, 0.25) is 0 Å². The Kier molecular flexibility index (Phi) is 5.58. The molecule has 0 amide bonds. The van der Waals surface area contributed by atoms with E-state index in [1.807, 2.05) is 11.8 Å². The number of hydrogen-bond donors (Lipinski definition) is 0. The fourth-order valence-corrected chi connectivity index (χ4v) is 4.99. The zero-order valence-corrected chi connectivity index (χ0v) is 17.0. The topological polar surface area (TPSA) is 0 Å². The molecule has 134 valence electrons. The van der Waals surface area contributed by atoms with Crippen molar-refractivity contribution in [3.05, 3.63) is 102 Å². The Morgan fingerprint density at radius 3 is 1.73 bits per heavy atom. The van der Waals surface area contributed by atoms with E-state index in [1.54, 1.807) is 0 Å². The first-order valence-corrected chi connectivity index (χ1v) is 10.2. The second-order valence-corrected chi connectivity index (χ2v) is 8.76. The highest BCUT2D eigenvalue weighted by molar-refractivity contribution is 7.99. The molecule has 0 saturated heterocycles. The number of rotatable bonds is 6. The van der Waals surface area contributed by atoms with Crippen LogP contribution in [0, 0.1) is 6.92 Å². The molecule has 0 aromatic heterocycles. The summed E-state index contributed by atoms with van der Waals surface area (Å²) in [5.74, 6) is 1.03. The van der Waals surface area contributed by atoms with Crippen LogP contribution in [-0.2, 0) is 10.8 Å². The molecule has 0 saturated carbocycles. The molecule has 0 N–H and O–H groups in total. The van der Waals surface area contributed by atoms with Crippen LogP contribution in [0.2, 0.25) is 0 Å². The van der Waals surface area contributed by atoms with Gasteiger partial charge in [0.25, 0.3) is 0 Å². The number of benzene rings is 3. The van der Waals surface area contributed by atoms with Crippen LogP contribution in [0.25, 0.3) is 0 Å². The van der Waals surface area contributed by atoms with Crippen molar-refractivity contribution in [2.45, 2.75) is 43.4 Å². The van der Waals surface area contributed by atoms with Crippen LogP contribution in [-0.4, -0.2) is 5.75 Å². The Labute approximate surface area is 162 Å². The number of hydrogen-bond acceptors (Lipinski definition) is 1. The molecule has 1 atom stereocenters. The molecule has 0 spiro atoms. The molecule has 3 rings (SSSR count). The minimum absolute atomic E-state index is 0.00254. The second kappa shape index (κ2) is 7.72. The lowest BCUT2D eigenvalue weighted by molar-refractivity contribution is 0.309. The molecule has 0 aliphatic rings. The SMILES string of the molecule is Cc1ccccc1SCC(C)(c1ccccc1)C(C)(C)c1ccccc1. The van der Waals surface area contributed by atoms with Gasteiger partial charge in [-0.15, -0.1) is 11.8 Å². The van der Waals surface area contributed by atoms with Crippen molar-refractivity contribution in [1.29, 1.82) is 0 Å². The molecule has 0 nitrogen and oxygen atoms in total. The summed E-state index contributed by atoms with van der Waals surface area (Å²) in [4.78, 5) is 1.37. The van der Waals surface area contributed by atoms with Gasteiger partial charge in [-0.3, -0.25) is 0 Å². The fourth-order valence-electron chi connectivity index (χ4n) is 3.54. The minimum atomic E-state index is 0.00254. The summed E-state index contributed by atoms with van der Waals surface area (Å²) in [5.41, 5.74) is 4.14. The predicted molar refractivity (Wildman–Crippen MR) is 115 cm³/mol. The van der Waals surface area contributed by atoms with E-state index in [0.717, 1.165) is 5.75 Å². The first-order chi connectivity index (χ1) is 12.4. The van der Waals surface area contributed by atoms with Gasteiger partial charge < -0.3 is 0 Å². The molecule has 3 aromatic rings. The molecular formula is C25H28S. The van der Waals surface area contributed by atoms with Crippen molar-refractivity contribution in [3.8, 4) is 0 Å². The van der Waals surface area contributed by atoms with Crippen LogP contribution in [0.3, 0.4) is 0 Å². The van der Waals surface area contributed by atoms with Gasteiger partial charge in [-0.1, -0.05) is 99.6 Å². The molecular weight excluding hydrogens is 332 g/mol. The van der Waals surface area contributed by atoms with Crippen LogP contribution in [0.1, 0.15) is 37.5 Å². The van der Waals surface area contributed by atoms with Gasteiger partial charge in [0, 0.05) is 16.1 Å². The molecule has 0 aliphatic carbocycles. The van der Waals surface area contributed by atoms with Crippen molar-refractivity contribution in [3.63, 3.8) is 0 Å². The van der Waals surface area contributed by atoms with E-state index in [4.69, 9.17) is 0 Å². The van der Waals surface area contributed by atoms with Gasteiger partial charge in [-0.25, -0.2) is 0 Å². The first-order valence-electron chi connectivity index (χ1n) is 9.25. The van der Waals surface area contributed by atoms with E-state index in [1.165, 1.54) is 21.6 Å². The van der Waals surface area contributed by atoms with Crippen LogP contribution < -0.4 is 0 Å². The predicted octanol–water partition coefficient (Wildman–Crippen LogP) is 7.02. The van der Waals surface area contributed by atoms with Gasteiger partial charge in [0.1, 0.15) is 0 Å². The van der Waals surface area contributed by atoms with Crippen LogP contribution in [0.5, 0.6) is 0 Å². The van der Waals surface area contributed by atoms with Gasteiger partial charge in [-0.2, -0.15) is 0 Å². The van der Waals surface area contributed by atoms with Crippen molar-refractivity contribution < 1.29 is 0 Å². The average molecular weight is 361 g/mol. The van der Waals surface area contributed by atoms with Gasteiger partial charge in [0.05, 0.1) is 0 Å². The Morgan fingerprint density at radius 2 is 1.15 bits per heavy atom. The third-order valence-corrected chi connectivity index (χ3v) is 7.39. The maximum atomic E-state index is 2.42. The van der Waals surface area contributed by atoms with E-state index in [0.29, 0.717) is 0 Å². The van der Waals surface area contributed by atoms with Crippen molar-refractivity contribution in [2.24, 2.45) is 0 Å². The minimum Gasteiger partial charge on any atom is -0.125 e. The maximum absolute atomic E-state index is 2.42. The summed E-state index contributed by atoms with van der Waals surface area (Å²) in [6.07, 6.45) is 0. The Hall–Kier alpha value is -1.99. The zero-order valence-electron chi connectivity index (χ0n) is 16.2. The Balaban J connectivity index is 2.02. The number of thioether (sulfide) groups is 1. The maximum Gasteiger partial charge on any atom is 0.0110 e. The Bertz CT molecular complexity index is 836. The Morgan fingerprint density at radius 1 is 0.654 bits per heavy atom. The molecule has 1 heteroatoms. The quantitative estimate of drug-likeness (QED) is 0.425. The van der Waals surface area contributed by atoms with Crippen LogP contribution in [0.15, 0.2) is 89.8 Å². The lowest BCUT2D eigenvalue weighted by atomic mass is 9.61.